The smallest absolute Gasteiger partial charge is 0.0932 e. The second-order valence-corrected chi connectivity index (χ2v) is 6.91. The zero-order valence-electron chi connectivity index (χ0n) is 12.6. The quantitative estimate of drug-likeness (QED) is 0.836. The van der Waals surface area contributed by atoms with Crippen molar-refractivity contribution in [3.8, 4) is 0 Å². The molecule has 0 saturated carbocycles. The van der Waals surface area contributed by atoms with E-state index in [9.17, 15) is 5.11 Å². The fourth-order valence-corrected chi connectivity index (χ4v) is 4.41. The molecular formula is C19H23NO. The number of aliphatic hydroxyl groups is 1. The maximum absolute atomic E-state index is 11.4. The normalized spacial score (nSPS) is 32.3. The van der Waals surface area contributed by atoms with E-state index in [0.29, 0.717) is 12.1 Å². The standard InChI is InChI=1S/C19H23NO/c1-13-9-10-18(17-8-3-2-7-16(13)17)19(21)11-14-5-4-6-15(12-19)20-14/h2-3,7-10,14-15,20-21H,4-6,11-12H2,1H3. The van der Waals surface area contributed by atoms with E-state index in [4.69, 9.17) is 0 Å². The minimum absolute atomic E-state index is 0.475. The van der Waals surface area contributed by atoms with Crippen LogP contribution in [-0.2, 0) is 5.60 Å². The lowest BCUT2D eigenvalue weighted by atomic mass is 9.72. The molecule has 2 aliphatic heterocycles. The van der Waals surface area contributed by atoms with Gasteiger partial charge in [-0.1, -0.05) is 42.8 Å². The fourth-order valence-electron chi connectivity index (χ4n) is 4.41. The van der Waals surface area contributed by atoms with Gasteiger partial charge in [-0.25, -0.2) is 0 Å². The van der Waals surface area contributed by atoms with Crippen LogP contribution in [0.3, 0.4) is 0 Å². The van der Waals surface area contributed by atoms with Gasteiger partial charge in [-0.05, 0) is 54.5 Å². The van der Waals surface area contributed by atoms with E-state index >= 15 is 0 Å². The monoisotopic (exact) mass is 281 g/mol. The second-order valence-electron chi connectivity index (χ2n) is 6.91. The first-order valence-electron chi connectivity index (χ1n) is 8.13. The third kappa shape index (κ3) is 2.18. The summed E-state index contributed by atoms with van der Waals surface area (Å²) in [5.74, 6) is 0. The van der Waals surface area contributed by atoms with E-state index in [0.717, 1.165) is 18.4 Å². The average molecular weight is 281 g/mol. The summed E-state index contributed by atoms with van der Waals surface area (Å²) in [7, 11) is 0. The average Bonchev–Trinajstić information content (AvgIpc) is 2.47. The van der Waals surface area contributed by atoms with E-state index in [1.165, 1.54) is 35.6 Å². The molecule has 2 heteroatoms. The molecule has 0 aliphatic carbocycles. The lowest BCUT2D eigenvalue weighted by Gasteiger charge is -2.46. The summed E-state index contributed by atoms with van der Waals surface area (Å²) in [4.78, 5) is 0. The molecule has 2 unspecified atom stereocenters. The number of hydrogen-bond donors (Lipinski definition) is 2. The van der Waals surface area contributed by atoms with Crippen LogP contribution in [0.4, 0.5) is 0 Å². The van der Waals surface area contributed by atoms with Crippen molar-refractivity contribution in [2.75, 3.05) is 0 Å². The summed E-state index contributed by atoms with van der Waals surface area (Å²) in [6.45, 7) is 2.15. The van der Waals surface area contributed by atoms with Gasteiger partial charge in [-0.3, -0.25) is 0 Å². The maximum atomic E-state index is 11.4. The molecule has 0 spiro atoms. The van der Waals surface area contributed by atoms with Gasteiger partial charge in [0.2, 0.25) is 0 Å². The molecule has 0 radical (unpaired) electrons. The number of hydrogen-bond acceptors (Lipinski definition) is 2. The Morgan fingerprint density at radius 2 is 1.67 bits per heavy atom. The molecule has 2 nitrogen and oxygen atoms in total. The Labute approximate surface area is 126 Å². The molecule has 2 aromatic rings. The lowest BCUT2D eigenvalue weighted by molar-refractivity contribution is -0.0347. The molecule has 110 valence electrons. The van der Waals surface area contributed by atoms with Crippen molar-refractivity contribution < 1.29 is 5.11 Å². The van der Waals surface area contributed by atoms with Crippen LogP contribution in [0.1, 0.15) is 43.2 Å². The van der Waals surface area contributed by atoms with Crippen LogP contribution in [0.25, 0.3) is 10.8 Å². The highest BCUT2D eigenvalue weighted by molar-refractivity contribution is 5.89. The molecule has 2 atom stereocenters. The molecule has 2 fully saturated rings. The highest BCUT2D eigenvalue weighted by Crippen LogP contribution is 2.42. The summed E-state index contributed by atoms with van der Waals surface area (Å²) < 4.78 is 0. The van der Waals surface area contributed by atoms with E-state index < -0.39 is 5.60 Å². The van der Waals surface area contributed by atoms with Crippen molar-refractivity contribution in [2.24, 2.45) is 0 Å². The molecular weight excluding hydrogens is 258 g/mol. The summed E-state index contributed by atoms with van der Waals surface area (Å²) in [6, 6.07) is 13.8. The molecule has 21 heavy (non-hydrogen) atoms. The van der Waals surface area contributed by atoms with Gasteiger partial charge < -0.3 is 10.4 Å². The first kappa shape index (κ1) is 13.3. The largest absolute Gasteiger partial charge is 0.385 e. The zero-order valence-corrected chi connectivity index (χ0v) is 12.6. The van der Waals surface area contributed by atoms with Crippen LogP contribution in [0.5, 0.6) is 0 Å². The lowest BCUT2D eigenvalue weighted by Crippen LogP contribution is -2.54. The van der Waals surface area contributed by atoms with Crippen molar-refractivity contribution in [2.45, 2.75) is 56.7 Å². The molecule has 2 heterocycles. The Bertz CT molecular complexity index is 666. The number of aryl methyl sites for hydroxylation is 1. The van der Waals surface area contributed by atoms with Gasteiger partial charge in [0.1, 0.15) is 0 Å². The number of rotatable bonds is 1. The van der Waals surface area contributed by atoms with Gasteiger partial charge in [0.25, 0.3) is 0 Å². The third-order valence-electron chi connectivity index (χ3n) is 5.39. The second kappa shape index (κ2) is 4.82. The third-order valence-corrected chi connectivity index (χ3v) is 5.39. The van der Waals surface area contributed by atoms with Gasteiger partial charge in [-0.2, -0.15) is 0 Å². The predicted molar refractivity (Wildman–Crippen MR) is 86.4 cm³/mol. The molecule has 2 aliphatic rings. The highest BCUT2D eigenvalue weighted by Gasteiger charge is 2.42. The number of fused-ring (bicyclic) bond motifs is 3. The fraction of sp³-hybridized carbons (Fsp3) is 0.474. The Balaban J connectivity index is 1.84. The van der Waals surface area contributed by atoms with E-state index in [1.54, 1.807) is 0 Å². The molecule has 4 rings (SSSR count). The maximum Gasteiger partial charge on any atom is 0.0932 e. The van der Waals surface area contributed by atoms with Crippen LogP contribution < -0.4 is 5.32 Å². The molecule has 2 aromatic carbocycles. The molecule has 0 aromatic heterocycles. The highest BCUT2D eigenvalue weighted by atomic mass is 16.3. The number of benzene rings is 2. The molecule has 2 saturated heterocycles. The van der Waals surface area contributed by atoms with Gasteiger partial charge in [0.05, 0.1) is 5.60 Å². The van der Waals surface area contributed by atoms with Crippen LogP contribution >= 0.6 is 0 Å². The predicted octanol–water partition coefficient (Wildman–Crippen LogP) is 3.64. The van der Waals surface area contributed by atoms with Gasteiger partial charge >= 0.3 is 0 Å². The molecule has 2 bridgehead atoms. The minimum atomic E-state index is -0.672. The topological polar surface area (TPSA) is 32.3 Å². The van der Waals surface area contributed by atoms with Crippen molar-refractivity contribution in [3.05, 3.63) is 47.5 Å². The summed E-state index contributed by atoms with van der Waals surface area (Å²) >= 11 is 0. The molecule has 0 amide bonds. The van der Waals surface area contributed by atoms with E-state index in [2.05, 4.69) is 48.6 Å². The van der Waals surface area contributed by atoms with Crippen molar-refractivity contribution >= 4 is 10.8 Å². The van der Waals surface area contributed by atoms with Gasteiger partial charge in [0, 0.05) is 12.1 Å². The van der Waals surface area contributed by atoms with Crippen molar-refractivity contribution in [3.63, 3.8) is 0 Å². The zero-order chi connectivity index (χ0) is 14.4. The van der Waals surface area contributed by atoms with E-state index in [1.807, 2.05) is 0 Å². The summed E-state index contributed by atoms with van der Waals surface area (Å²) in [6.07, 6.45) is 5.38. The minimum Gasteiger partial charge on any atom is -0.385 e. The summed E-state index contributed by atoms with van der Waals surface area (Å²) in [5, 5.41) is 17.6. The van der Waals surface area contributed by atoms with Gasteiger partial charge in [0.15, 0.2) is 0 Å². The van der Waals surface area contributed by atoms with Crippen LogP contribution in [-0.4, -0.2) is 17.2 Å². The van der Waals surface area contributed by atoms with Crippen LogP contribution in [0.15, 0.2) is 36.4 Å². The van der Waals surface area contributed by atoms with Crippen molar-refractivity contribution in [1.29, 1.82) is 0 Å². The Hall–Kier alpha value is -1.38. The van der Waals surface area contributed by atoms with E-state index in [-0.39, 0.29) is 0 Å². The number of nitrogens with one attached hydrogen (secondary N) is 1. The first-order chi connectivity index (χ1) is 10.2. The Morgan fingerprint density at radius 1 is 1.00 bits per heavy atom. The Kier molecular flexibility index (Phi) is 3.05. The van der Waals surface area contributed by atoms with Crippen LogP contribution in [0, 0.1) is 6.92 Å². The van der Waals surface area contributed by atoms with Gasteiger partial charge in [-0.15, -0.1) is 0 Å². The SMILES string of the molecule is Cc1ccc(C2(O)CC3CCCC(C2)N3)c2ccccc12. The summed E-state index contributed by atoms with van der Waals surface area (Å²) in [5.41, 5.74) is 1.74. The molecule has 2 N–H and O–H groups in total. The first-order valence-corrected chi connectivity index (χ1v) is 8.13. The van der Waals surface area contributed by atoms with Crippen LogP contribution in [0.2, 0.25) is 0 Å². The van der Waals surface area contributed by atoms with Crippen molar-refractivity contribution in [1.82, 2.24) is 5.32 Å². The number of piperidine rings is 2. The Morgan fingerprint density at radius 3 is 2.38 bits per heavy atom.